The van der Waals surface area contributed by atoms with Crippen LogP contribution in [0.5, 0.6) is 0 Å². The summed E-state index contributed by atoms with van der Waals surface area (Å²) in [6.07, 6.45) is 5.32. The van der Waals surface area contributed by atoms with E-state index in [1.54, 1.807) is 26.1 Å². The molecule has 0 saturated carbocycles. The zero-order chi connectivity index (χ0) is 16.0. The molecule has 116 valence electrons. The minimum atomic E-state index is -4.27. The molecule has 1 rings (SSSR count). The van der Waals surface area contributed by atoms with Crippen molar-refractivity contribution in [3.05, 3.63) is 34.9 Å². The lowest BCUT2D eigenvalue weighted by molar-refractivity contribution is -0.117. The number of thioether (sulfide) groups is 1. The van der Waals surface area contributed by atoms with Crippen molar-refractivity contribution in [2.75, 3.05) is 19.3 Å². The molecule has 0 aliphatic heterocycles. The lowest BCUT2D eigenvalue weighted by atomic mass is 9.93. The van der Waals surface area contributed by atoms with E-state index >= 15 is 0 Å². The zero-order valence-electron chi connectivity index (χ0n) is 12.0. The number of allylic oxidation sites excluding steroid dienone is 4. The van der Waals surface area contributed by atoms with Crippen LogP contribution in [-0.2, 0) is 4.79 Å². The maximum absolute atomic E-state index is 12.0. The number of carbonyl (C=O) groups excluding carboxylic acids is 1. The first-order valence-corrected chi connectivity index (χ1v) is 7.29. The summed E-state index contributed by atoms with van der Waals surface area (Å²) in [5.41, 5.74) is -1.48. The van der Waals surface area contributed by atoms with E-state index in [9.17, 15) is 18.0 Å². The van der Waals surface area contributed by atoms with Crippen LogP contribution in [0.3, 0.4) is 0 Å². The second-order valence-electron chi connectivity index (χ2n) is 4.29. The van der Waals surface area contributed by atoms with Crippen LogP contribution in [0.4, 0.5) is 13.2 Å². The Bertz CT molecular complexity index is 531. The number of halogens is 3. The largest absolute Gasteiger partial charge is 0.441 e. The summed E-state index contributed by atoms with van der Waals surface area (Å²) in [5, 5.41) is 2.50. The van der Waals surface area contributed by atoms with Crippen LogP contribution in [0.25, 0.3) is 0 Å². The fraction of sp³-hybridized carbons (Fsp3) is 0.429. The molecular weight excluding hydrogens is 301 g/mol. The third kappa shape index (κ3) is 5.41. The van der Waals surface area contributed by atoms with Crippen molar-refractivity contribution in [3.63, 3.8) is 0 Å². The predicted octanol–water partition coefficient (Wildman–Crippen LogP) is 3.26. The highest BCUT2D eigenvalue weighted by Gasteiger charge is 2.27. The van der Waals surface area contributed by atoms with Gasteiger partial charge in [0.25, 0.3) is 5.91 Å². The van der Waals surface area contributed by atoms with Crippen molar-refractivity contribution in [2.45, 2.75) is 19.4 Å². The molecule has 0 radical (unpaired) electrons. The van der Waals surface area contributed by atoms with Gasteiger partial charge in [-0.25, -0.2) is 0 Å². The summed E-state index contributed by atoms with van der Waals surface area (Å²) in [7, 11) is 1.66. The zero-order valence-corrected chi connectivity index (χ0v) is 12.9. The molecule has 0 spiro atoms. The molecular formula is C14H17F3N2OS. The molecule has 21 heavy (non-hydrogen) atoms. The van der Waals surface area contributed by atoms with Crippen molar-refractivity contribution < 1.29 is 18.0 Å². The molecule has 1 aliphatic carbocycles. The highest BCUT2D eigenvalue weighted by Crippen LogP contribution is 2.29. The van der Waals surface area contributed by atoms with Gasteiger partial charge in [-0.15, -0.1) is 0 Å². The van der Waals surface area contributed by atoms with Gasteiger partial charge in [0, 0.05) is 24.9 Å². The molecule has 0 bridgehead atoms. The van der Waals surface area contributed by atoms with E-state index in [0.29, 0.717) is 5.57 Å². The van der Waals surface area contributed by atoms with Gasteiger partial charge in [0.15, 0.2) is 0 Å². The van der Waals surface area contributed by atoms with Crippen LogP contribution in [0.15, 0.2) is 39.9 Å². The summed E-state index contributed by atoms with van der Waals surface area (Å²) in [4.78, 5) is 16.1. The molecule has 1 N–H and O–H groups in total. The van der Waals surface area contributed by atoms with Crippen molar-refractivity contribution >= 4 is 23.4 Å². The predicted molar refractivity (Wildman–Crippen MR) is 80.5 cm³/mol. The van der Waals surface area contributed by atoms with Gasteiger partial charge in [0.05, 0.1) is 5.71 Å². The molecule has 0 aromatic heterocycles. The minimum Gasteiger partial charge on any atom is -0.351 e. The van der Waals surface area contributed by atoms with E-state index in [0.717, 1.165) is 16.9 Å². The van der Waals surface area contributed by atoms with Crippen LogP contribution in [0.2, 0.25) is 0 Å². The van der Waals surface area contributed by atoms with Crippen molar-refractivity contribution in [2.24, 2.45) is 4.99 Å². The summed E-state index contributed by atoms with van der Waals surface area (Å²) in [5.74, 6) is -0.579. The molecule has 0 atom stereocenters. The molecule has 1 aliphatic rings. The number of hydrogen-bond acceptors (Lipinski definition) is 3. The highest BCUT2D eigenvalue weighted by molar-refractivity contribution is 8.00. The molecule has 0 aromatic carbocycles. The Morgan fingerprint density at radius 1 is 1.43 bits per heavy atom. The van der Waals surface area contributed by atoms with Crippen molar-refractivity contribution in [1.82, 2.24) is 5.32 Å². The summed E-state index contributed by atoms with van der Waals surface area (Å²) in [6, 6.07) is 0. The number of carbonyl (C=O) groups is 1. The Balaban J connectivity index is 2.66. The monoisotopic (exact) mass is 318 g/mol. The van der Waals surface area contributed by atoms with E-state index in [1.165, 1.54) is 0 Å². The van der Waals surface area contributed by atoms with Crippen LogP contribution >= 0.6 is 11.8 Å². The van der Waals surface area contributed by atoms with Gasteiger partial charge in [0.2, 0.25) is 0 Å². The average molecular weight is 318 g/mol. The average Bonchev–Trinajstić information content (AvgIpc) is 2.41. The molecule has 1 amide bonds. The summed E-state index contributed by atoms with van der Waals surface area (Å²) >= 11 is -0.147. The topological polar surface area (TPSA) is 41.5 Å². The number of hydrogen-bond donors (Lipinski definition) is 1. The molecule has 0 unspecified atom stereocenters. The van der Waals surface area contributed by atoms with Gasteiger partial charge in [-0.3, -0.25) is 9.79 Å². The first-order valence-electron chi connectivity index (χ1n) is 6.31. The van der Waals surface area contributed by atoms with Gasteiger partial charge in [-0.05, 0) is 48.9 Å². The molecule has 0 fully saturated rings. The number of rotatable bonds is 4. The van der Waals surface area contributed by atoms with E-state index < -0.39 is 5.51 Å². The normalized spacial score (nSPS) is 19.5. The van der Waals surface area contributed by atoms with Gasteiger partial charge < -0.3 is 5.32 Å². The lowest BCUT2D eigenvalue weighted by Crippen LogP contribution is -2.29. The Kier molecular flexibility index (Phi) is 6.26. The summed E-state index contributed by atoms with van der Waals surface area (Å²) < 4.78 is 36.0. The van der Waals surface area contributed by atoms with Crippen LogP contribution < -0.4 is 5.32 Å². The molecule has 3 nitrogen and oxygen atoms in total. The Morgan fingerprint density at radius 2 is 2.10 bits per heavy atom. The highest BCUT2D eigenvalue weighted by atomic mass is 32.2. The van der Waals surface area contributed by atoms with Crippen molar-refractivity contribution in [1.29, 1.82) is 0 Å². The number of nitrogens with one attached hydrogen (secondary N) is 1. The first-order chi connectivity index (χ1) is 9.78. The Morgan fingerprint density at radius 3 is 2.62 bits per heavy atom. The smallest absolute Gasteiger partial charge is 0.351 e. The van der Waals surface area contributed by atoms with Crippen LogP contribution in [-0.4, -0.2) is 36.5 Å². The standard InChI is InChI=1S/C14H17F3N2OS/c1-4-10-8-11(9(2)7-12(10)18-3)13(20)19-5-6-21-14(15,16)17/h4,7-8H,5-6H2,1-3H3,(H,19,20)/b10-4-,18-12?. The molecule has 0 saturated heterocycles. The van der Waals surface area contributed by atoms with Gasteiger partial charge >= 0.3 is 5.51 Å². The SMILES string of the molecule is C/C=C1/C=C(C(=O)NCCSC(F)(F)F)C(C)=CC1=NC. The fourth-order valence-electron chi connectivity index (χ4n) is 1.81. The molecule has 0 heterocycles. The molecule has 0 aromatic rings. The number of alkyl halides is 3. The van der Waals surface area contributed by atoms with Gasteiger partial charge in [-0.2, -0.15) is 13.2 Å². The van der Waals surface area contributed by atoms with E-state index in [-0.39, 0.29) is 30.0 Å². The number of amides is 1. The van der Waals surface area contributed by atoms with Crippen molar-refractivity contribution in [3.8, 4) is 0 Å². The maximum Gasteiger partial charge on any atom is 0.441 e. The van der Waals surface area contributed by atoms with Gasteiger partial charge in [-0.1, -0.05) is 6.08 Å². The minimum absolute atomic E-state index is 0.0342. The Labute approximate surface area is 126 Å². The number of aliphatic imine (C=N–C) groups is 1. The van der Waals surface area contributed by atoms with E-state index in [2.05, 4.69) is 10.3 Å². The number of nitrogens with zero attached hydrogens (tertiary/aromatic N) is 1. The second kappa shape index (κ2) is 7.49. The fourth-order valence-corrected chi connectivity index (χ4v) is 2.24. The lowest BCUT2D eigenvalue weighted by Gasteiger charge is -2.16. The van der Waals surface area contributed by atoms with E-state index in [1.807, 2.05) is 13.0 Å². The Hall–Kier alpha value is -1.50. The molecule has 7 heteroatoms. The third-order valence-electron chi connectivity index (χ3n) is 2.82. The second-order valence-corrected chi connectivity index (χ2v) is 5.45. The maximum atomic E-state index is 12.0. The summed E-state index contributed by atoms with van der Waals surface area (Å²) in [6.45, 7) is 3.57. The third-order valence-corrected chi connectivity index (χ3v) is 3.56. The van der Waals surface area contributed by atoms with Crippen LogP contribution in [0, 0.1) is 0 Å². The first kappa shape index (κ1) is 17.6. The van der Waals surface area contributed by atoms with E-state index in [4.69, 9.17) is 0 Å². The van der Waals surface area contributed by atoms with Crippen LogP contribution in [0.1, 0.15) is 13.8 Å². The quantitative estimate of drug-likeness (QED) is 0.808. The van der Waals surface area contributed by atoms with Gasteiger partial charge in [0.1, 0.15) is 0 Å².